The number of carbonyl (C=O) groups excluding carboxylic acids is 1. The van der Waals surface area contributed by atoms with Gasteiger partial charge >= 0.3 is 0 Å². The van der Waals surface area contributed by atoms with Gasteiger partial charge < -0.3 is 5.32 Å². The first-order chi connectivity index (χ1) is 8.18. The van der Waals surface area contributed by atoms with Crippen LogP contribution < -0.4 is 5.32 Å². The lowest BCUT2D eigenvalue weighted by molar-refractivity contribution is 0.102. The normalized spacial score (nSPS) is 10.0. The number of thiol groups is 1. The highest BCUT2D eigenvalue weighted by molar-refractivity contribution is 7.80. The molecule has 0 saturated carbocycles. The fraction of sp³-hybridized carbons (Fsp3) is 0. The maximum absolute atomic E-state index is 11.8. The maximum Gasteiger partial charge on any atom is 0.275 e. The number of nitrogens with zero attached hydrogens (tertiary/aromatic N) is 2. The molecule has 0 bridgehead atoms. The van der Waals surface area contributed by atoms with Gasteiger partial charge in [0.25, 0.3) is 5.91 Å². The minimum Gasteiger partial charge on any atom is -0.319 e. The van der Waals surface area contributed by atoms with Gasteiger partial charge in [0.05, 0.1) is 16.9 Å². The molecule has 2 aromatic rings. The lowest BCUT2D eigenvalue weighted by Gasteiger charge is -2.07. The SMILES string of the molecule is O=C(Nc1cccc(S)c1Cl)c1cnccn1. The number of carbonyl (C=O) groups is 1. The van der Waals surface area contributed by atoms with Crippen LogP contribution in [-0.4, -0.2) is 15.9 Å². The first-order valence-electron chi connectivity index (χ1n) is 4.73. The van der Waals surface area contributed by atoms with E-state index in [2.05, 4.69) is 27.9 Å². The molecule has 0 unspecified atom stereocenters. The van der Waals surface area contributed by atoms with Crippen molar-refractivity contribution in [3.63, 3.8) is 0 Å². The molecule has 1 aromatic carbocycles. The Morgan fingerprint density at radius 3 is 2.88 bits per heavy atom. The molecule has 1 aromatic heterocycles. The molecule has 0 radical (unpaired) electrons. The highest BCUT2D eigenvalue weighted by Gasteiger charge is 2.10. The van der Waals surface area contributed by atoms with Gasteiger partial charge in [-0.25, -0.2) is 4.98 Å². The van der Waals surface area contributed by atoms with Crippen LogP contribution in [0.3, 0.4) is 0 Å². The summed E-state index contributed by atoms with van der Waals surface area (Å²) in [4.78, 5) is 20.1. The van der Waals surface area contributed by atoms with Crippen LogP contribution >= 0.6 is 24.2 Å². The van der Waals surface area contributed by atoms with Gasteiger partial charge in [-0.2, -0.15) is 0 Å². The highest BCUT2D eigenvalue weighted by Crippen LogP contribution is 2.28. The van der Waals surface area contributed by atoms with Crippen molar-refractivity contribution in [1.29, 1.82) is 0 Å². The van der Waals surface area contributed by atoms with E-state index in [4.69, 9.17) is 11.6 Å². The number of anilines is 1. The Labute approximate surface area is 108 Å². The summed E-state index contributed by atoms with van der Waals surface area (Å²) in [5.74, 6) is -0.362. The summed E-state index contributed by atoms with van der Waals surface area (Å²) >= 11 is 10.2. The monoisotopic (exact) mass is 265 g/mol. The van der Waals surface area contributed by atoms with Crippen LogP contribution in [0.15, 0.2) is 41.7 Å². The van der Waals surface area contributed by atoms with E-state index in [-0.39, 0.29) is 11.6 Å². The number of rotatable bonds is 2. The molecule has 17 heavy (non-hydrogen) atoms. The van der Waals surface area contributed by atoms with Gasteiger partial charge in [-0.1, -0.05) is 17.7 Å². The van der Waals surface area contributed by atoms with E-state index < -0.39 is 0 Å². The average molecular weight is 266 g/mol. The third kappa shape index (κ3) is 2.75. The molecule has 0 fully saturated rings. The van der Waals surface area contributed by atoms with Crippen molar-refractivity contribution < 1.29 is 4.79 Å². The molecule has 1 heterocycles. The Morgan fingerprint density at radius 2 is 2.18 bits per heavy atom. The quantitative estimate of drug-likeness (QED) is 0.821. The number of hydrogen-bond acceptors (Lipinski definition) is 4. The molecule has 1 N–H and O–H groups in total. The minimum absolute atomic E-state index is 0.230. The van der Waals surface area contributed by atoms with Crippen LogP contribution in [-0.2, 0) is 0 Å². The van der Waals surface area contributed by atoms with E-state index in [1.807, 2.05) is 0 Å². The second-order valence-corrected chi connectivity index (χ2v) is 4.04. The number of amides is 1. The Hall–Kier alpha value is -1.59. The Kier molecular flexibility index (Phi) is 3.61. The second kappa shape index (κ2) is 5.16. The molecule has 86 valence electrons. The van der Waals surface area contributed by atoms with E-state index in [0.29, 0.717) is 15.6 Å². The molecule has 0 aliphatic carbocycles. The minimum atomic E-state index is -0.362. The van der Waals surface area contributed by atoms with Crippen LogP contribution in [0.5, 0.6) is 0 Å². The van der Waals surface area contributed by atoms with Gasteiger partial charge in [-0.05, 0) is 12.1 Å². The zero-order chi connectivity index (χ0) is 12.3. The van der Waals surface area contributed by atoms with Crippen molar-refractivity contribution >= 4 is 35.8 Å². The fourth-order valence-corrected chi connectivity index (χ4v) is 1.60. The third-order valence-electron chi connectivity index (χ3n) is 2.02. The first-order valence-corrected chi connectivity index (χ1v) is 5.56. The Bertz CT molecular complexity index is 548. The lowest BCUT2D eigenvalue weighted by atomic mass is 10.3. The summed E-state index contributed by atoms with van der Waals surface area (Å²) in [6.45, 7) is 0. The largest absolute Gasteiger partial charge is 0.319 e. The zero-order valence-electron chi connectivity index (χ0n) is 8.59. The highest BCUT2D eigenvalue weighted by atomic mass is 35.5. The predicted octanol–water partition coefficient (Wildman–Crippen LogP) is 2.67. The molecule has 0 saturated heterocycles. The number of halogens is 1. The van der Waals surface area contributed by atoms with Crippen molar-refractivity contribution in [2.75, 3.05) is 5.32 Å². The molecule has 0 aliphatic rings. The molecule has 6 heteroatoms. The predicted molar refractivity (Wildman–Crippen MR) is 68.7 cm³/mol. The average Bonchev–Trinajstić information content (AvgIpc) is 2.36. The zero-order valence-corrected chi connectivity index (χ0v) is 10.2. The van der Waals surface area contributed by atoms with Crippen molar-refractivity contribution in [2.24, 2.45) is 0 Å². The summed E-state index contributed by atoms with van der Waals surface area (Å²) in [6.07, 6.45) is 4.33. The number of aromatic nitrogens is 2. The van der Waals surface area contributed by atoms with Crippen molar-refractivity contribution in [2.45, 2.75) is 4.90 Å². The van der Waals surface area contributed by atoms with Gasteiger partial charge in [0.1, 0.15) is 5.69 Å². The maximum atomic E-state index is 11.8. The van der Waals surface area contributed by atoms with E-state index in [1.165, 1.54) is 18.6 Å². The van der Waals surface area contributed by atoms with Crippen LogP contribution in [0, 0.1) is 0 Å². The standard InChI is InChI=1S/C11H8ClN3OS/c12-10-7(2-1-3-9(10)17)15-11(16)8-6-13-4-5-14-8/h1-6,17H,(H,15,16). The molecule has 1 amide bonds. The summed E-state index contributed by atoms with van der Waals surface area (Å²) in [5, 5.41) is 3.04. The molecule has 0 aliphatic heterocycles. The lowest BCUT2D eigenvalue weighted by Crippen LogP contribution is -2.14. The molecule has 0 atom stereocenters. The van der Waals surface area contributed by atoms with E-state index >= 15 is 0 Å². The van der Waals surface area contributed by atoms with Gasteiger partial charge in [0.15, 0.2) is 0 Å². The van der Waals surface area contributed by atoms with Crippen LogP contribution in [0.2, 0.25) is 5.02 Å². The van der Waals surface area contributed by atoms with Gasteiger partial charge in [-0.3, -0.25) is 9.78 Å². The molecular weight excluding hydrogens is 258 g/mol. The smallest absolute Gasteiger partial charge is 0.275 e. The Morgan fingerprint density at radius 1 is 1.35 bits per heavy atom. The van der Waals surface area contributed by atoms with Crippen molar-refractivity contribution in [3.05, 3.63) is 47.5 Å². The van der Waals surface area contributed by atoms with Gasteiger partial charge in [-0.15, -0.1) is 12.6 Å². The molecule has 2 rings (SSSR count). The van der Waals surface area contributed by atoms with Crippen LogP contribution in [0.25, 0.3) is 0 Å². The van der Waals surface area contributed by atoms with E-state index in [0.717, 1.165) is 0 Å². The van der Waals surface area contributed by atoms with Gasteiger partial charge in [0, 0.05) is 17.3 Å². The second-order valence-electron chi connectivity index (χ2n) is 3.18. The third-order valence-corrected chi connectivity index (χ3v) is 2.93. The Balaban J connectivity index is 2.22. The molecule has 0 spiro atoms. The number of hydrogen-bond donors (Lipinski definition) is 2. The van der Waals surface area contributed by atoms with Crippen LogP contribution in [0.1, 0.15) is 10.5 Å². The number of benzene rings is 1. The van der Waals surface area contributed by atoms with Gasteiger partial charge in [0.2, 0.25) is 0 Å². The summed E-state index contributed by atoms with van der Waals surface area (Å²) < 4.78 is 0. The van der Waals surface area contributed by atoms with Crippen molar-refractivity contribution in [3.8, 4) is 0 Å². The molecule has 4 nitrogen and oxygen atoms in total. The summed E-state index contributed by atoms with van der Waals surface area (Å²) in [6, 6.07) is 5.18. The van der Waals surface area contributed by atoms with Crippen LogP contribution in [0.4, 0.5) is 5.69 Å². The van der Waals surface area contributed by atoms with E-state index in [9.17, 15) is 4.79 Å². The first kappa shape index (κ1) is 11.9. The molecular formula is C11H8ClN3OS. The fourth-order valence-electron chi connectivity index (χ4n) is 1.22. The number of nitrogens with one attached hydrogen (secondary N) is 1. The summed E-state index contributed by atoms with van der Waals surface area (Å²) in [7, 11) is 0. The van der Waals surface area contributed by atoms with Crippen molar-refractivity contribution in [1.82, 2.24) is 9.97 Å². The topological polar surface area (TPSA) is 54.9 Å². The summed E-state index contributed by atoms with van der Waals surface area (Å²) in [5.41, 5.74) is 0.725. The van der Waals surface area contributed by atoms with E-state index in [1.54, 1.807) is 18.2 Å².